The van der Waals surface area contributed by atoms with E-state index in [-0.39, 0.29) is 17.2 Å². The highest BCUT2D eigenvalue weighted by atomic mass is 19.1. The van der Waals surface area contributed by atoms with Gasteiger partial charge in [0.15, 0.2) is 0 Å². The van der Waals surface area contributed by atoms with Crippen molar-refractivity contribution in [3.8, 4) is 0 Å². The molecule has 4 nitrogen and oxygen atoms in total. The first kappa shape index (κ1) is 24.8. The molecule has 1 heterocycles. The Balaban J connectivity index is 1.12. The molecule has 0 bridgehead atoms. The zero-order chi connectivity index (χ0) is 25.3. The highest BCUT2D eigenvalue weighted by molar-refractivity contribution is 5.79. The molecule has 1 aromatic carbocycles. The van der Waals surface area contributed by atoms with Crippen LogP contribution in [0.3, 0.4) is 0 Å². The van der Waals surface area contributed by atoms with E-state index in [9.17, 15) is 9.18 Å². The average Bonchev–Trinajstić information content (AvgIpc) is 3.23. The average molecular weight is 497 g/mol. The van der Waals surface area contributed by atoms with Crippen LogP contribution in [-0.2, 0) is 19.3 Å². The fourth-order valence-electron chi connectivity index (χ4n) is 9.51. The first-order chi connectivity index (χ1) is 17.2. The number of benzene rings is 1. The Labute approximate surface area is 214 Å². The minimum Gasteiger partial charge on any atom is -0.344 e. The SMILES string of the molecule is C=C(c1ccc(F)cc1)[C@@H]1CO[C@@]2(CC[C@@]3(C)[C@H](CC[C@@H]4[C@@H]3CC[C@]3(C)[C@@H](C(C)=O)CC[C@@H]43)C2)OO1. The van der Waals surface area contributed by atoms with Gasteiger partial charge in [0.25, 0.3) is 0 Å². The predicted octanol–water partition coefficient (Wildman–Crippen LogP) is 7.13. The second kappa shape index (κ2) is 8.74. The van der Waals surface area contributed by atoms with Gasteiger partial charge in [0.1, 0.15) is 17.7 Å². The molecule has 1 aliphatic heterocycles. The first-order valence-corrected chi connectivity index (χ1v) is 14.1. The van der Waals surface area contributed by atoms with E-state index in [1.165, 1.54) is 44.2 Å². The summed E-state index contributed by atoms with van der Waals surface area (Å²) >= 11 is 0. The predicted molar refractivity (Wildman–Crippen MR) is 136 cm³/mol. The van der Waals surface area contributed by atoms with E-state index in [1.54, 1.807) is 12.1 Å². The van der Waals surface area contributed by atoms with Crippen LogP contribution in [0.1, 0.15) is 84.1 Å². The lowest BCUT2D eigenvalue weighted by atomic mass is 9.44. The van der Waals surface area contributed by atoms with Crippen LogP contribution in [0.4, 0.5) is 4.39 Å². The fourth-order valence-corrected chi connectivity index (χ4v) is 9.51. The van der Waals surface area contributed by atoms with Gasteiger partial charge in [0, 0.05) is 18.8 Å². The van der Waals surface area contributed by atoms with Crippen LogP contribution in [0.2, 0.25) is 0 Å². The minimum atomic E-state index is -0.674. The van der Waals surface area contributed by atoms with Gasteiger partial charge in [-0.2, -0.15) is 0 Å². The quantitative estimate of drug-likeness (QED) is 0.418. The molecule has 0 unspecified atom stereocenters. The van der Waals surface area contributed by atoms with Gasteiger partial charge >= 0.3 is 0 Å². The molecule has 36 heavy (non-hydrogen) atoms. The monoisotopic (exact) mass is 496 g/mol. The van der Waals surface area contributed by atoms with E-state index in [2.05, 4.69) is 20.4 Å². The van der Waals surface area contributed by atoms with Gasteiger partial charge in [-0.3, -0.25) is 4.79 Å². The van der Waals surface area contributed by atoms with Crippen LogP contribution in [0.15, 0.2) is 30.8 Å². The van der Waals surface area contributed by atoms with Gasteiger partial charge in [-0.15, -0.1) is 0 Å². The first-order valence-electron chi connectivity index (χ1n) is 14.1. The molecule has 1 saturated heterocycles. The Morgan fingerprint density at radius 3 is 2.42 bits per heavy atom. The van der Waals surface area contributed by atoms with E-state index < -0.39 is 11.9 Å². The van der Waals surface area contributed by atoms with Crippen molar-refractivity contribution in [3.05, 3.63) is 42.2 Å². The summed E-state index contributed by atoms with van der Waals surface area (Å²) in [5.41, 5.74) is 2.08. The van der Waals surface area contributed by atoms with Crippen molar-refractivity contribution in [3.63, 3.8) is 0 Å². The molecule has 5 fully saturated rings. The number of carbonyl (C=O) groups excluding carboxylic acids is 1. The Kier molecular flexibility index (Phi) is 6.01. The normalized spacial score (nSPS) is 46.0. The lowest BCUT2D eigenvalue weighted by molar-refractivity contribution is -0.489. The van der Waals surface area contributed by atoms with Gasteiger partial charge < -0.3 is 4.74 Å². The summed E-state index contributed by atoms with van der Waals surface area (Å²) in [7, 11) is 0. The number of hydrogen-bond donors (Lipinski definition) is 0. The molecule has 6 rings (SSSR count). The molecule has 0 radical (unpaired) electrons. The van der Waals surface area contributed by atoms with E-state index in [0.29, 0.717) is 29.6 Å². The zero-order valence-corrected chi connectivity index (χ0v) is 22.1. The molecule has 4 aliphatic carbocycles. The van der Waals surface area contributed by atoms with E-state index in [0.717, 1.165) is 48.7 Å². The largest absolute Gasteiger partial charge is 0.344 e. The van der Waals surface area contributed by atoms with Crippen LogP contribution >= 0.6 is 0 Å². The molecule has 9 atom stereocenters. The maximum atomic E-state index is 13.3. The van der Waals surface area contributed by atoms with E-state index >= 15 is 0 Å². The number of hydrogen-bond acceptors (Lipinski definition) is 4. The van der Waals surface area contributed by atoms with Crippen molar-refractivity contribution in [2.24, 2.45) is 40.4 Å². The molecule has 196 valence electrons. The fraction of sp³-hybridized carbons (Fsp3) is 0.710. The highest BCUT2D eigenvalue weighted by Crippen LogP contribution is 2.68. The lowest BCUT2D eigenvalue weighted by Crippen LogP contribution is -2.58. The van der Waals surface area contributed by atoms with Gasteiger partial charge in [-0.25, -0.2) is 14.2 Å². The molecule has 1 aromatic rings. The van der Waals surface area contributed by atoms with Crippen LogP contribution in [0, 0.1) is 46.2 Å². The maximum Gasteiger partial charge on any atom is 0.202 e. The second-order valence-electron chi connectivity index (χ2n) is 13.1. The Hall–Kier alpha value is -1.56. The Morgan fingerprint density at radius 2 is 1.72 bits per heavy atom. The molecule has 0 aromatic heterocycles. The summed E-state index contributed by atoms with van der Waals surface area (Å²) in [6.45, 7) is 11.3. The van der Waals surface area contributed by atoms with Crippen LogP contribution in [0.25, 0.3) is 5.57 Å². The molecule has 5 aliphatic rings. The number of Topliss-reactive ketones (excluding diaryl/α,β-unsaturated/α-hetero) is 1. The molecular formula is C31H41FO4. The van der Waals surface area contributed by atoms with Gasteiger partial charge in [-0.05, 0) is 110 Å². The van der Waals surface area contributed by atoms with Gasteiger partial charge in [0.05, 0.1) is 6.61 Å². The maximum absolute atomic E-state index is 13.3. The van der Waals surface area contributed by atoms with Crippen LogP contribution in [-0.4, -0.2) is 24.3 Å². The summed E-state index contributed by atoms with van der Waals surface area (Å²) < 4.78 is 19.7. The number of ether oxygens (including phenoxy) is 1. The summed E-state index contributed by atoms with van der Waals surface area (Å²) in [5, 5.41) is 0. The molecule has 1 spiro atoms. The summed E-state index contributed by atoms with van der Waals surface area (Å²) in [6, 6.07) is 6.30. The van der Waals surface area contributed by atoms with Crippen molar-refractivity contribution in [2.75, 3.05) is 6.61 Å². The summed E-state index contributed by atoms with van der Waals surface area (Å²) in [4.78, 5) is 24.4. The van der Waals surface area contributed by atoms with Gasteiger partial charge in [0.2, 0.25) is 5.79 Å². The van der Waals surface area contributed by atoms with Crippen molar-refractivity contribution in [2.45, 2.75) is 90.4 Å². The third-order valence-electron chi connectivity index (χ3n) is 11.6. The zero-order valence-electron chi connectivity index (χ0n) is 22.1. The molecule has 0 amide bonds. The Morgan fingerprint density at radius 1 is 0.972 bits per heavy atom. The number of rotatable bonds is 3. The summed E-state index contributed by atoms with van der Waals surface area (Å²) in [6.07, 6.45) is 9.64. The second-order valence-corrected chi connectivity index (χ2v) is 13.1. The van der Waals surface area contributed by atoms with Crippen molar-refractivity contribution >= 4 is 11.4 Å². The third-order valence-corrected chi connectivity index (χ3v) is 11.6. The molecule has 4 saturated carbocycles. The van der Waals surface area contributed by atoms with Crippen molar-refractivity contribution in [1.29, 1.82) is 0 Å². The number of halogens is 1. The smallest absolute Gasteiger partial charge is 0.202 e. The number of carbonyl (C=O) groups is 1. The molecular weight excluding hydrogens is 455 g/mol. The lowest BCUT2D eigenvalue weighted by Gasteiger charge is -2.62. The minimum absolute atomic E-state index is 0.206. The van der Waals surface area contributed by atoms with Crippen LogP contribution < -0.4 is 0 Å². The van der Waals surface area contributed by atoms with E-state index in [4.69, 9.17) is 14.5 Å². The molecule has 0 N–H and O–H groups in total. The highest BCUT2D eigenvalue weighted by Gasteiger charge is 2.62. The summed E-state index contributed by atoms with van der Waals surface area (Å²) in [5.74, 6) is 2.46. The Bertz CT molecular complexity index is 1030. The number of fused-ring (bicyclic) bond motifs is 5. The van der Waals surface area contributed by atoms with Crippen LogP contribution in [0.5, 0.6) is 0 Å². The molecule has 5 heteroatoms. The van der Waals surface area contributed by atoms with Crippen molar-refractivity contribution < 1.29 is 23.7 Å². The third kappa shape index (κ3) is 3.75. The van der Waals surface area contributed by atoms with E-state index in [1.807, 2.05) is 6.92 Å². The standard InChI is InChI=1S/C31H41FO4/c1-19(21-5-8-23(32)9-6-21)28-18-34-31(36-35-28)16-15-29(3)22(17-31)7-10-24-26-12-11-25(20(2)33)30(26,4)14-13-27(24)29/h5-6,8-9,22,24-28H,1,7,10-18H2,2-4H3/t22-,24+,25-,26+,27+,28+,29+,30-,31+/m1/s1. The number of ketones is 1. The van der Waals surface area contributed by atoms with Crippen molar-refractivity contribution in [1.82, 2.24) is 0 Å². The topological polar surface area (TPSA) is 44.8 Å². The van der Waals surface area contributed by atoms with Gasteiger partial charge in [-0.1, -0.05) is 32.6 Å².